The molecule has 0 amide bonds. The first-order chi connectivity index (χ1) is 8.84. The van der Waals surface area contributed by atoms with E-state index in [1.165, 1.54) is 42.9 Å². The molecule has 3 rings (SSSR count). The predicted molar refractivity (Wildman–Crippen MR) is 78.3 cm³/mol. The van der Waals surface area contributed by atoms with E-state index in [9.17, 15) is 5.11 Å². The van der Waals surface area contributed by atoms with Crippen LogP contribution in [0, 0.1) is 0 Å². The molecule has 0 saturated heterocycles. The molecule has 0 aromatic heterocycles. The summed E-state index contributed by atoms with van der Waals surface area (Å²) in [5, 5.41) is 13.2. The third-order valence-corrected chi connectivity index (χ3v) is 5.17. The van der Waals surface area contributed by atoms with E-state index in [4.69, 9.17) is 0 Å². The highest BCUT2D eigenvalue weighted by atomic mass is 32.2. The van der Waals surface area contributed by atoms with Crippen molar-refractivity contribution in [2.75, 3.05) is 0 Å². The standard InChI is InChI=1S/C16H18OS/c17-15-11-10-12-6-4-5-9-14(12)16(15)18-13-7-2-1-3-8-13/h4-6,9-11,13,17H,1-3,7-8H2. The summed E-state index contributed by atoms with van der Waals surface area (Å²) >= 11 is 1.87. The van der Waals surface area contributed by atoms with E-state index in [0.717, 1.165) is 4.90 Å². The van der Waals surface area contributed by atoms with Gasteiger partial charge in [-0.15, -0.1) is 11.8 Å². The van der Waals surface area contributed by atoms with Gasteiger partial charge < -0.3 is 5.11 Å². The molecular formula is C16H18OS. The third-order valence-electron chi connectivity index (χ3n) is 3.70. The SMILES string of the molecule is Oc1ccc2ccccc2c1SC1CCCCC1. The number of rotatable bonds is 2. The van der Waals surface area contributed by atoms with Crippen molar-refractivity contribution >= 4 is 22.5 Å². The van der Waals surface area contributed by atoms with Crippen LogP contribution < -0.4 is 0 Å². The number of fused-ring (bicyclic) bond motifs is 1. The summed E-state index contributed by atoms with van der Waals surface area (Å²) in [5.41, 5.74) is 0. The van der Waals surface area contributed by atoms with Gasteiger partial charge in [0.05, 0.1) is 4.90 Å². The van der Waals surface area contributed by atoms with Gasteiger partial charge in [0, 0.05) is 5.25 Å². The first kappa shape index (κ1) is 11.9. The van der Waals surface area contributed by atoms with Crippen molar-refractivity contribution in [1.29, 1.82) is 0 Å². The number of phenols is 1. The summed E-state index contributed by atoms with van der Waals surface area (Å²) in [6.07, 6.45) is 6.62. The van der Waals surface area contributed by atoms with Crippen molar-refractivity contribution < 1.29 is 5.11 Å². The Morgan fingerprint density at radius 3 is 2.56 bits per heavy atom. The highest BCUT2D eigenvalue weighted by molar-refractivity contribution is 8.00. The lowest BCUT2D eigenvalue weighted by Gasteiger charge is -2.22. The average Bonchev–Trinajstić information content (AvgIpc) is 2.43. The van der Waals surface area contributed by atoms with E-state index < -0.39 is 0 Å². The lowest BCUT2D eigenvalue weighted by molar-refractivity contribution is 0.463. The highest BCUT2D eigenvalue weighted by Gasteiger charge is 2.17. The molecule has 2 heteroatoms. The van der Waals surface area contributed by atoms with Gasteiger partial charge in [0.2, 0.25) is 0 Å². The lowest BCUT2D eigenvalue weighted by atomic mass is 10.0. The van der Waals surface area contributed by atoms with Gasteiger partial charge in [-0.1, -0.05) is 49.6 Å². The minimum atomic E-state index is 0.435. The monoisotopic (exact) mass is 258 g/mol. The molecule has 1 saturated carbocycles. The van der Waals surface area contributed by atoms with Gasteiger partial charge >= 0.3 is 0 Å². The van der Waals surface area contributed by atoms with E-state index in [1.54, 1.807) is 0 Å². The van der Waals surface area contributed by atoms with Gasteiger partial charge in [0.1, 0.15) is 5.75 Å². The highest BCUT2D eigenvalue weighted by Crippen LogP contribution is 2.41. The number of hydrogen-bond acceptors (Lipinski definition) is 2. The molecule has 2 aromatic rings. The van der Waals surface area contributed by atoms with Crippen LogP contribution in [-0.2, 0) is 0 Å². The van der Waals surface area contributed by atoms with Crippen LogP contribution >= 0.6 is 11.8 Å². The molecule has 0 heterocycles. The van der Waals surface area contributed by atoms with Gasteiger partial charge in [-0.2, -0.15) is 0 Å². The van der Waals surface area contributed by atoms with Crippen molar-refractivity contribution in [3.8, 4) is 5.75 Å². The zero-order chi connectivity index (χ0) is 12.4. The topological polar surface area (TPSA) is 20.2 Å². The maximum Gasteiger partial charge on any atom is 0.129 e. The van der Waals surface area contributed by atoms with Gasteiger partial charge in [-0.05, 0) is 29.7 Å². The Morgan fingerprint density at radius 1 is 0.944 bits per heavy atom. The summed E-state index contributed by atoms with van der Waals surface area (Å²) in [7, 11) is 0. The van der Waals surface area contributed by atoms with Gasteiger partial charge in [0.25, 0.3) is 0 Å². The van der Waals surface area contributed by atoms with Crippen molar-refractivity contribution in [3.05, 3.63) is 36.4 Å². The van der Waals surface area contributed by atoms with E-state index in [0.29, 0.717) is 11.0 Å². The van der Waals surface area contributed by atoms with E-state index >= 15 is 0 Å². The smallest absolute Gasteiger partial charge is 0.129 e. The van der Waals surface area contributed by atoms with Crippen molar-refractivity contribution in [2.45, 2.75) is 42.2 Å². The molecule has 0 spiro atoms. The second kappa shape index (κ2) is 5.23. The third kappa shape index (κ3) is 2.35. The Labute approximate surface area is 112 Å². The molecule has 1 aliphatic carbocycles. The van der Waals surface area contributed by atoms with E-state index in [1.807, 2.05) is 30.0 Å². The average molecular weight is 258 g/mol. The van der Waals surface area contributed by atoms with Gasteiger partial charge in [-0.3, -0.25) is 0 Å². The second-order valence-corrected chi connectivity index (χ2v) is 6.32. The number of aromatic hydroxyl groups is 1. The summed E-state index contributed by atoms with van der Waals surface area (Å²) in [6.45, 7) is 0. The van der Waals surface area contributed by atoms with Gasteiger partial charge in [0.15, 0.2) is 0 Å². The fourth-order valence-electron chi connectivity index (χ4n) is 2.71. The molecule has 0 bridgehead atoms. The van der Waals surface area contributed by atoms with Crippen LogP contribution in [0.3, 0.4) is 0 Å². The molecule has 94 valence electrons. The Balaban J connectivity index is 1.96. The van der Waals surface area contributed by atoms with Gasteiger partial charge in [-0.25, -0.2) is 0 Å². The van der Waals surface area contributed by atoms with Crippen LogP contribution in [0.1, 0.15) is 32.1 Å². The normalized spacial score (nSPS) is 17.1. The van der Waals surface area contributed by atoms with Crippen molar-refractivity contribution in [3.63, 3.8) is 0 Å². The molecule has 1 fully saturated rings. The number of phenolic OH excluding ortho intramolecular Hbond substituents is 1. The Hall–Kier alpha value is -1.15. The van der Waals surface area contributed by atoms with E-state index in [2.05, 4.69) is 18.2 Å². The molecule has 0 radical (unpaired) electrons. The number of benzene rings is 2. The fraction of sp³-hybridized carbons (Fsp3) is 0.375. The number of thioether (sulfide) groups is 1. The zero-order valence-electron chi connectivity index (χ0n) is 10.4. The summed E-state index contributed by atoms with van der Waals surface area (Å²) in [5.74, 6) is 0.435. The molecular weight excluding hydrogens is 240 g/mol. The van der Waals surface area contributed by atoms with Crippen LogP contribution in [-0.4, -0.2) is 10.4 Å². The van der Waals surface area contributed by atoms with Crippen LogP contribution in [0.15, 0.2) is 41.3 Å². The van der Waals surface area contributed by atoms with Crippen molar-refractivity contribution in [2.24, 2.45) is 0 Å². The van der Waals surface area contributed by atoms with Crippen LogP contribution in [0.5, 0.6) is 5.75 Å². The summed E-state index contributed by atoms with van der Waals surface area (Å²) in [6, 6.07) is 12.1. The molecule has 1 N–H and O–H groups in total. The molecule has 2 aromatic carbocycles. The molecule has 0 unspecified atom stereocenters. The Bertz CT molecular complexity index is 544. The summed E-state index contributed by atoms with van der Waals surface area (Å²) < 4.78 is 0. The van der Waals surface area contributed by atoms with Crippen LogP contribution in [0.2, 0.25) is 0 Å². The second-order valence-electron chi connectivity index (χ2n) is 5.01. The molecule has 0 atom stereocenters. The maximum absolute atomic E-state index is 10.1. The first-order valence-electron chi connectivity index (χ1n) is 6.72. The first-order valence-corrected chi connectivity index (χ1v) is 7.60. The minimum Gasteiger partial charge on any atom is -0.507 e. The largest absolute Gasteiger partial charge is 0.507 e. The molecule has 0 aliphatic heterocycles. The van der Waals surface area contributed by atoms with E-state index in [-0.39, 0.29) is 0 Å². The van der Waals surface area contributed by atoms with Crippen LogP contribution in [0.25, 0.3) is 10.8 Å². The maximum atomic E-state index is 10.1. The lowest BCUT2D eigenvalue weighted by Crippen LogP contribution is -2.07. The summed E-state index contributed by atoms with van der Waals surface area (Å²) in [4.78, 5) is 1.07. The zero-order valence-corrected chi connectivity index (χ0v) is 11.2. The Morgan fingerprint density at radius 2 is 1.72 bits per heavy atom. The molecule has 1 aliphatic rings. The fourth-order valence-corrected chi connectivity index (χ4v) is 4.11. The predicted octanol–water partition coefficient (Wildman–Crippen LogP) is 4.97. The Kier molecular flexibility index (Phi) is 3.46. The quantitative estimate of drug-likeness (QED) is 0.820. The number of hydrogen-bond donors (Lipinski definition) is 1. The molecule has 1 nitrogen and oxygen atoms in total. The minimum absolute atomic E-state index is 0.435. The van der Waals surface area contributed by atoms with Crippen molar-refractivity contribution in [1.82, 2.24) is 0 Å². The van der Waals surface area contributed by atoms with Crippen LogP contribution in [0.4, 0.5) is 0 Å². The molecule has 18 heavy (non-hydrogen) atoms.